The second-order valence-electron chi connectivity index (χ2n) is 4.48. The molecule has 1 N–H and O–H groups in total. The van der Waals surface area contributed by atoms with Gasteiger partial charge in [0.25, 0.3) is 5.91 Å². The highest BCUT2D eigenvalue weighted by molar-refractivity contribution is 9.13. The van der Waals surface area contributed by atoms with Crippen LogP contribution in [0.1, 0.15) is 21.3 Å². The molecule has 0 spiro atoms. The number of rotatable bonds is 5. The molecule has 7 heteroatoms. The first-order valence-corrected chi connectivity index (χ1v) is 9.25. The van der Waals surface area contributed by atoms with Crippen LogP contribution < -0.4 is 5.32 Å². The number of nitrogens with zero attached hydrogens (tertiary/aromatic N) is 1. The van der Waals surface area contributed by atoms with Crippen molar-refractivity contribution in [3.63, 3.8) is 0 Å². The lowest BCUT2D eigenvalue weighted by Crippen LogP contribution is -2.34. The summed E-state index contributed by atoms with van der Waals surface area (Å²) in [5.74, 6) is -0.0384. The van der Waals surface area contributed by atoms with Gasteiger partial charge in [0, 0.05) is 11.0 Å². The number of carbonyl (C=O) groups is 1. The predicted octanol–water partition coefficient (Wildman–Crippen LogP) is 4.37. The van der Waals surface area contributed by atoms with Crippen molar-refractivity contribution >= 4 is 60.4 Å². The average molecular weight is 438 g/mol. The summed E-state index contributed by atoms with van der Waals surface area (Å²) in [5, 5.41) is 7.18. The van der Waals surface area contributed by atoms with E-state index in [1.54, 1.807) is 11.3 Å². The summed E-state index contributed by atoms with van der Waals surface area (Å²) in [4.78, 5) is 15.0. The van der Waals surface area contributed by atoms with Crippen molar-refractivity contribution in [3.8, 4) is 0 Å². The van der Waals surface area contributed by atoms with E-state index in [9.17, 15) is 4.79 Å². The maximum Gasteiger partial charge on any atom is 0.261 e. The van der Waals surface area contributed by atoms with E-state index in [2.05, 4.69) is 58.9 Å². The maximum atomic E-state index is 12.1. The molecule has 0 radical (unpaired) electrons. The highest BCUT2D eigenvalue weighted by Gasteiger charge is 2.17. The van der Waals surface area contributed by atoms with Gasteiger partial charge < -0.3 is 10.2 Å². The Kier molecular flexibility index (Phi) is 5.80. The van der Waals surface area contributed by atoms with Crippen LogP contribution >= 0.6 is 54.5 Å². The van der Waals surface area contributed by atoms with Crippen LogP contribution in [-0.2, 0) is 0 Å². The van der Waals surface area contributed by atoms with E-state index < -0.39 is 0 Å². The van der Waals surface area contributed by atoms with E-state index in [0.717, 1.165) is 8.26 Å². The van der Waals surface area contributed by atoms with Gasteiger partial charge >= 0.3 is 0 Å². The zero-order chi connectivity index (χ0) is 14.7. The number of halogens is 2. The first kappa shape index (κ1) is 16.2. The molecule has 0 fully saturated rings. The Morgan fingerprint density at radius 1 is 1.45 bits per heavy atom. The number of thiophene rings is 2. The third-order valence-electron chi connectivity index (χ3n) is 2.88. The average Bonchev–Trinajstić information content (AvgIpc) is 3.00. The van der Waals surface area contributed by atoms with Crippen molar-refractivity contribution in [2.24, 2.45) is 0 Å². The highest BCUT2D eigenvalue weighted by Crippen LogP contribution is 2.32. The van der Waals surface area contributed by atoms with Gasteiger partial charge in [0.05, 0.1) is 14.7 Å². The number of likely N-dealkylation sites (N-methyl/N-ethyl adjacent to an activating group) is 1. The number of amides is 1. The van der Waals surface area contributed by atoms with Crippen molar-refractivity contribution in [2.45, 2.75) is 6.04 Å². The van der Waals surface area contributed by atoms with E-state index in [1.165, 1.54) is 16.9 Å². The van der Waals surface area contributed by atoms with Gasteiger partial charge in [0.1, 0.15) is 0 Å². The minimum Gasteiger partial charge on any atom is -0.349 e. The van der Waals surface area contributed by atoms with Gasteiger partial charge in [0.2, 0.25) is 0 Å². The Morgan fingerprint density at radius 3 is 2.70 bits per heavy atom. The Hall–Kier alpha value is -0.210. The summed E-state index contributed by atoms with van der Waals surface area (Å²) in [6.45, 7) is 0.593. The van der Waals surface area contributed by atoms with Crippen LogP contribution in [-0.4, -0.2) is 31.4 Å². The molecule has 0 aromatic carbocycles. The van der Waals surface area contributed by atoms with Gasteiger partial charge in [-0.3, -0.25) is 4.79 Å². The van der Waals surface area contributed by atoms with Gasteiger partial charge in [-0.05, 0) is 74.4 Å². The Bertz CT molecular complexity index is 562. The molecule has 108 valence electrons. The van der Waals surface area contributed by atoms with E-state index in [-0.39, 0.29) is 11.9 Å². The van der Waals surface area contributed by atoms with Crippen LogP contribution in [0.4, 0.5) is 0 Å². The molecule has 0 saturated heterocycles. The molecule has 0 bridgehead atoms. The SMILES string of the molecule is CN(C)[C@H](CNC(=O)c1cc(Br)c(Br)s1)c1ccsc1. The molecule has 20 heavy (non-hydrogen) atoms. The van der Waals surface area contributed by atoms with Crippen molar-refractivity contribution < 1.29 is 4.79 Å². The zero-order valence-corrected chi connectivity index (χ0v) is 15.8. The molecule has 0 aliphatic rings. The number of carbonyl (C=O) groups excluding carboxylic acids is 1. The molecule has 2 rings (SSSR count). The second-order valence-corrected chi connectivity index (χ2v) is 8.48. The molecule has 2 heterocycles. The third-order valence-corrected chi connectivity index (χ3v) is 6.83. The van der Waals surface area contributed by atoms with E-state index in [0.29, 0.717) is 11.4 Å². The summed E-state index contributed by atoms with van der Waals surface area (Å²) in [6.07, 6.45) is 0. The van der Waals surface area contributed by atoms with E-state index >= 15 is 0 Å². The minimum absolute atomic E-state index is 0.0384. The molecule has 1 amide bonds. The van der Waals surface area contributed by atoms with Gasteiger partial charge in [-0.1, -0.05) is 0 Å². The minimum atomic E-state index is -0.0384. The normalized spacial score (nSPS) is 12.7. The maximum absolute atomic E-state index is 12.1. The van der Waals surface area contributed by atoms with E-state index in [4.69, 9.17) is 0 Å². The topological polar surface area (TPSA) is 32.3 Å². The van der Waals surface area contributed by atoms with Crippen LogP contribution in [0.3, 0.4) is 0 Å². The smallest absolute Gasteiger partial charge is 0.261 e. The second kappa shape index (κ2) is 7.17. The lowest BCUT2D eigenvalue weighted by atomic mass is 10.1. The Balaban J connectivity index is 2.01. The van der Waals surface area contributed by atoms with Crippen LogP contribution in [0.2, 0.25) is 0 Å². The number of hydrogen-bond acceptors (Lipinski definition) is 4. The molecule has 2 aromatic heterocycles. The van der Waals surface area contributed by atoms with Gasteiger partial charge in [-0.25, -0.2) is 0 Å². The first-order valence-electron chi connectivity index (χ1n) is 5.90. The number of hydrogen-bond donors (Lipinski definition) is 1. The van der Waals surface area contributed by atoms with Crippen molar-refractivity contribution in [3.05, 3.63) is 41.6 Å². The summed E-state index contributed by atoms with van der Waals surface area (Å²) in [5.41, 5.74) is 1.23. The molecule has 0 aliphatic heterocycles. The molecule has 0 aliphatic carbocycles. The molecule has 0 saturated carbocycles. The summed E-state index contributed by atoms with van der Waals surface area (Å²) < 4.78 is 1.85. The lowest BCUT2D eigenvalue weighted by molar-refractivity contribution is 0.0946. The predicted molar refractivity (Wildman–Crippen MR) is 92.8 cm³/mol. The molecular formula is C13H14Br2N2OS2. The van der Waals surface area contributed by atoms with Gasteiger partial charge in [-0.2, -0.15) is 11.3 Å². The zero-order valence-electron chi connectivity index (χ0n) is 11.0. The van der Waals surface area contributed by atoms with Crippen molar-refractivity contribution in [1.82, 2.24) is 10.2 Å². The standard InChI is InChI=1S/C13H14Br2N2OS2/c1-17(2)10(8-3-4-19-7-8)6-16-13(18)11-5-9(14)12(15)20-11/h3-5,7,10H,6H2,1-2H3,(H,16,18)/t10-/m1/s1. The lowest BCUT2D eigenvalue weighted by Gasteiger charge is -2.23. The summed E-state index contributed by atoms with van der Waals surface area (Å²) in [6, 6.07) is 4.12. The fraction of sp³-hybridized carbons (Fsp3) is 0.308. The molecule has 3 nitrogen and oxygen atoms in total. The van der Waals surface area contributed by atoms with Crippen LogP contribution in [0.25, 0.3) is 0 Å². The van der Waals surface area contributed by atoms with Gasteiger partial charge in [0.15, 0.2) is 0 Å². The molecule has 2 aromatic rings. The third kappa shape index (κ3) is 3.92. The first-order chi connectivity index (χ1) is 9.49. The largest absolute Gasteiger partial charge is 0.349 e. The fourth-order valence-electron chi connectivity index (χ4n) is 1.80. The summed E-state index contributed by atoms with van der Waals surface area (Å²) in [7, 11) is 4.04. The molecule has 0 unspecified atom stereocenters. The Labute approximate surface area is 143 Å². The van der Waals surface area contributed by atoms with E-state index in [1.807, 2.05) is 20.2 Å². The van der Waals surface area contributed by atoms with Crippen LogP contribution in [0, 0.1) is 0 Å². The Morgan fingerprint density at radius 2 is 2.20 bits per heavy atom. The number of nitrogens with one attached hydrogen (secondary N) is 1. The van der Waals surface area contributed by atoms with Crippen molar-refractivity contribution in [1.29, 1.82) is 0 Å². The van der Waals surface area contributed by atoms with Gasteiger partial charge in [-0.15, -0.1) is 11.3 Å². The van der Waals surface area contributed by atoms with Crippen LogP contribution in [0.15, 0.2) is 31.2 Å². The summed E-state index contributed by atoms with van der Waals surface area (Å²) >= 11 is 9.90. The quantitative estimate of drug-likeness (QED) is 0.753. The highest BCUT2D eigenvalue weighted by atomic mass is 79.9. The monoisotopic (exact) mass is 436 g/mol. The molecular weight excluding hydrogens is 424 g/mol. The van der Waals surface area contributed by atoms with Crippen molar-refractivity contribution in [2.75, 3.05) is 20.6 Å². The molecule has 1 atom stereocenters. The van der Waals surface area contributed by atoms with Crippen LogP contribution in [0.5, 0.6) is 0 Å². The fourth-order valence-corrected chi connectivity index (χ4v) is 4.46.